The number of piperidine rings is 1. The van der Waals surface area contributed by atoms with Crippen LogP contribution in [0.15, 0.2) is 11.6 Å². The van der Waals surface area contributed by atoms with Crippen molar-refractivity contribution in [1.82, 2.24) is 10.2 Å². The number of carbonyl (C=O) groups excluding carboxylic acids is 1. The maximum Gasteiger partial charge on any atom is 0.317 e. The van der Waals surface area contributed by atoms with Crippen LogP contribution in [0, 0.1) is 5.41 Å². The third-order valence-electron chi connectivity index (χ3n) is 3.62. The van der Waals surface area contributed by atoms with Crippen LogP contribution in [0.2, 0.25) is 0 Å². The average molecular weight is 289 g/mol. The van der Waals surface area contributed by atoms with E-state index in [1.54, 1.807) is 4.90 Å². The van der Waals surface area contributed by atoms with Gasteiger partial charge in [-0.05, 0) is 19.3 Å². The number of nitrogens with zero attached hydrogens (tertiary/aromatic N) is 1. The van der Waals surface area contributed by atoms with Gasteiger partial charge in [0, 0.05) is 18.1 Å². The Kier molecular flexibility index (Phi) is 5.66. The van der Waals surface area contributed by atoms with Crippen molar-refractivity contribution >= 4 is 23.6 Å². The fourth-order valence-corrected chi connectivity index (χ4v) is 2.54. The van der Waals surface area contributed by atoms with Crippen LogP contribution in [0.4, 0.5) is 4.79 Å². The van der Waals surface area contributed by atoms with E-state index in [1.165, 1.54) is 0 Å². The summed E-state index contributed by atoms with van der Waals surface area (Å²) in [6.07, 6.45) is 2.51. The van der Waals surface area contributed by atoms with Crippen molar-refractivity contribution in [3.05, 3.63) is 11.6 Å². The Bertz CT molecular complexity index is 363. The zero-order valence-corrected chi connectivity index (χ0v) is 12.0. The lowest BCUT2D eigenvalue weighted by molar-refractivity contribution is -0.152. The van der Waals surface area contributed by atoms with Crippen LogP contribution >= 0.6 is 11.6 Å². The van der Waals surface area contributed by atoms with Crippen LogP contribution in [-0.4, -0.2) is 41.6 Å². The summed E-state index contributed by atoms with van der Waals surface area (Å²) in [6, 6.07) is -0.211. The van der Waals surface area contributed by atoms with Crippen molar-refractivity contribution in [2.24, 2.45) is 5.41 Å². The van der Waals surface area contributed by atoms with Crippen molar-refractivity contribution < 1.29 is 14.7 Å². The molecule has 1 rings (SSSR count). The molecule has 2 N–H and O–H groups in total. The normalized spacial score (nSPS) is 17.9. The number of halogens is 1. The highest BCUT2D eigenvalue weighted by Crippen LogP contribution is 2.36. The predicted molar refractivity (Wildman–Crippen MR) is 74.2 cm³/mol. The van der Waals surface area contributed by atoms with Crippen LogP contribution in [0.1, 0.15) is 32.6 Å². The largest absolute Gasteiger partial charge is 0.481 e. The minimum absolute atomic E-state index is 0.211. The molecule has 0 aromatic heterocycles. The molecule has 0 radical (unpaired) electrons. The highest BCUT2D eigenvalue weighted by molar-refractivity contribution is 6.29. The lowest BCUT2D eigenvalue weighted by Gasteiger charge is -2.38. The molecule has 0 atom stereocenters. The molecular formula is C13H21ClN2O3. The Morgan fingerprint density at radius 2 is 2.00 bits per heavy atom. The molecule has 0 saturated carbocycles. The summed E-state index contributed by atoms with van der Waals surface area (Å²) >= 11 is 5.58. The molecule has 6 heteroatoms. The van der Waals surface area contributed by atoms with E-state index in [2.05, 4.69) is 11.9 Å². The minimum Gasteiger partial charge on any atom is -0.481 e. The Balaban J connectivity index is 2.53. The zero-order valence-electron chi connectivity index (χ0n) is 11.2. The number of rotatable bonds is 5. The Hall–Kier alpha value is -1.23. The molecule has 0 aliphatic carbocycles. The number of hydrogen-bond acceptors (Lipinski definition) is 2. The molecule has 19 heavy (non-hydrogen) atoms. The quantitative estimate of drug-likeness (QED) is 0.816. The number of carboxylic acid groups (broad SMARTS) is 1. The number of carbonyl (C=O) groups is 2. The predicted octanol–water partition coefficient (Wildman–Crippen LogP) is 2.42. The highest BCUT2D eigenvalue weighted by Gasteiger charge is 2.41. The standard InChI is InChI=1S/C13H21ClN2O3/c1-3-4-13(11(17)18)5-7-16(8-6-13)12(19)15-9-10(2)14/h2-9H2,1H3,(H,15,19)(H,17,18). The second kappa shape index (κ2) is 6.80. The van der Waals surface area contributed by atoms with Crippen molar-refractivity contribution in [2.45, 2.75) is 32.6 Å². The van der Waals surface area contributed by atoms with E-state index in [0.29, 0.717) is 37.4 Å². The number of likely N-dealkylation sites (tertiary alicyclic amines) is 1. The van der Waals surface area contributed by atoms with E-state index >= 15 is 0 Å². The van der Waals surface area contributed by atoms with Crippen LogP contribution in [0.5, 0.6) is 0 Å². The number of amides is 2. The number of urea groups is 1. The van der Waals surface area contributed by atoms with Gasteiger partial charge >= 0.3 is 12.0 Å². The molecule has 0 aromatic rings. The van der Waals surface area contributed by atoms with Gasteiger partial charge in [0.05, 0.1) is 12.0 Å². The molecule has 5 nitrogen and oxygen atoms in total. The summed E-state index contributed by atoms with van der Waals surface area (Å²) in [7, 11) is 0. The summed E-state index contributed by atoms with van der Waals surface area (Å²) < 4.78 is 0. The van der Waals surface area contributed by atoms with Crippen molar-refractivity contribution in [3.63, 3.8) is 0 Å². The van der Waals surface area contributed by atoms with Crippen molar-refractivity contribution in [2.75, 3.05) is 19.6 Å². The first-order valence-corrected chi connectivity index (χ1v) is 6.88. The number of nitrogens with one attached hydrogen (secondary N) is 1. The third kappa shape index (κ3) is 4.13. The lowest BCUT2D eigenvalue weighted by Crippen LogP contribution is -2.49. The van der Waals surface area contributed by atoms with Gasteiger partial charge in [-0.2, -0.15) is 0 Å². The third-order valence-corrected chi connectivity index (χ3v) is 3.76. The molecule has 1 saturated heterocycles. The number of carboxylic acids is 1. The van der Waals surface area contributed by atoms with Crippen molar-refractivity contribution in [1.29, 1.82) is 0 Å². The average Bonchev–Trinajstić information content (AvgIpc) is 2.37. The van der Waals surface area contributed by atoms with E-state index in [4.69, 9.17) is 11.6 Å². The molecule has 2 amide bonds. The Labute approximate surface area is 118 Å². The number of aliphatic carboxylic acids is 1. The van der Waals surface area contributed by atoms with E-state index < -0.39 is 11.4 Å². The van der Waals surface area contributed by atoms with E-state index in [1.807, 2.05) is 6.92 Å². The number of hydrogen-bond donors (Lipinski definition) is 2. The molecular weight excluding hydrogens is 268 g/mol. The van der Waals surface area contributed by atoms with E-state index in [9.17, 15) is 14.7 Å². The van der Waals surface area contributed by atoms with Crippen LogP contribution in [0.25, 0.3) is 0 Å². The second-order valence-corrected chi connectivity index (χ2v) is 5.53. The zero-order chi connectivity index (χ0) is 14.5. The van der Waals surface area contributed by atoms with Crippen LogP contribution < -0.4 is 5.32 Å². The van der Waals surface area contributed by atoms with Gasteiger partial charge in [-0.25, -0.2) is 4.79 Å². The van der Waals surface area contributed by atoms with Gasteiger partial charge in [0.1, 0.15) is 0 Å². The van der Waals surface area contributed by atoms with Gasteiger partial charge in [0.15, 0.2) is 0 Å². The summed E-state index contributed by atoms with van der Waals surface area (Å²) in [5, 5.41) is 12.4. The van der Waals surface area contributed by atoms with Gasteiger partial charge in [-0.3, -0.25) is 4.79 Å². The molecule has 0 spiro atoms. The van der Waals surface area contributed by atoms with E-state index in [-0.39, 0.29) is 12.6 Å². The monoisotopic (exact) mass is 288 g/mol. The SMILES string of the molecule is C=C(Cl)CNC(=O)N1CCC(CCC)(C(=O)O)CC1. The summed E-state index contributed by atoms with van der Waals surface area (Å²) in [5.74, 6) is -0.747. The molecule has 0 unspecified atom stereocenters. The first-order valence-electron chi connectivity index (χ1n) is 6.51. The summed E-state index contributed by atoms with van der Waals surface area (Å²) in [5.41, 5.74) is -0.665. The van der Waals surface area contributed by atoms with Gasteiger partial charge in [0.2, 0.25) is 0 Å². The molecule has 1 heterocycles. The maximum absolute atomic E-state index is 11.8. The van der Waals surface area contributed by atoms with Gasteiger partial charge in [0.25, 0.3) is 0 Å². The highest BCUT2D eigenvalue weighted by atomic mass is 35.5. The molecule has 0 bridgehead atoms. The minimum atomic E-state index is -0.747. The van der Waals surface area contributed by atoms with Crippen molar-refractivity contribution in [3.8, 4) is 0 Å². The Morgan fingerprint density at radius 1 is 1.42 bits per heavy atom. The molecule has 1 fully saturated rings. The lowest BCUT2D eigenvalue weighted by atomic mass is 9.75. The topological polar surface area (TPSA) is 69.6 Å². The van der Waals surface area contributed by atoms with Gasteiger partial charge in [-0.1, -0.05) is 31.5 Å². The Morgan fingerprint density at radius 3 is 2.42 bits per heavy atom. The smallest absolute Gasteiger partial charge is 0.317 e. The summed E-state index contributed by atoms with van der Waals surface area (Å²) in [6.45, 7) is 6.64. The van der Waals surface area contributed by atoms with E-state index in [0.717, 1.165) is 6.42 Å². The first kappa shape index (κ1) is 15.8. The fourth-order valence-electron chi connectivity index (χ4n) is 2.47. The molecule has 108 valence electrons. The second-order valence-electron chi connectivity index (χ2n) is 5.00. The fraction of sp³-hybridized carbons (Fsp3) is 0.692. The van der Waals surface area contributed by atoms with Crippen LogP contribution in [0.3, 0.4) is 0 Å². The van der Waals surface area contributed by atoms with Gasteiger partial charge in [-0.15, -0.1) is 0 Å². The first-order chi connectivity index (χ1) is 8.91. The van der Waals surface area contributed by atoms with Crippen LogP contribution in [-0.2, 0) is 4.79 Å². The maximum atomic E-state index is 11.8. The molecule has 1 aliphatic heterocycles. The van der Waals surface area contributed by atoms with Gasteiger partial charge < -0.3 is 15.3 Å². The molecule has 0 aromatic carbocycles. The molecule has 1 aliphatic rings. The summed E-state index contributed by atoms with van der Waals surface area (Å²) in [4.78, 5) is 24.9.